The van der Waals surface area contributed by atoms with Crippen LogP contribution in [0.25, 0.3) is 0 Å². The van der Waals surface area contributed by atoms with E-state index in [9.17, 15) is 13.2 Å². The molecule has 138 valence electrons. The van der Waals surface area contributed by atoms with E-state index in [1.54, 1.807) is 20.8 Å². The predicted octanol–water partition coefficient (Wildman–Crippen LogP) is 2.85. The fourth-order valence-corrected chi connectivity index (χ4v) is 4.66. The lowest BCUT2D eigenvalue weighted by atomic mass is 10.00. The molecule has 0 N–H and O–H groups in total. The zero-order valence-corrected chi connectivity index (χ0v) is 16.1. The Labute approximate surface area is 153 Å². The van der Waals surface area contributed by atoms with Gasteiger partial charge in [-0.15, -0.1) is 0 Å². The predicted molar refractivity (Wildman–Crippen MR) is 93.3 cm³/mol. The van der Waals surface area contributed by atoms with Gasteiger partial charge in [-0.05, 0) is 51.8 Å². The largest absolute Gasteiger partial charge is 0.456 e. The number of sulfonamides is 1. The molecular weight excluding hydrogens is 366 g/mol. The monoisotopic (exact) mass is 387 g/mol. The number of carbonyl (C=O) groups is 1. The Kier molecular flexibility index (Phi) is 4.64. The molecule has 0 unspecified atom stereocenters. The van der Waals surface area contributed by atoms with Gasteiger partial charge in [0.25, 0.3) is 0 Å². The number of halogens is 1. The van der Waals surface area contributed by atoms with Gasteiger partial charge >= 0.3 is 5.97 Å². The number of esters is 1. The van der Waals surface area contributed by atoms with E-state index in [1.807, 2.05) is 0 Å². The van der Waals surface area contributed by atoms with E-state index in [1.165, 1.54) is 22.5 Å². The summed E-state index contributed by atoms with van der Waals surface area (Å²) in [5.74, 6) is -0.701. The SMILES string of the molecule is CC(C)(C)OC(=O)c1cc(Cl)ccc1S(=O)(=O)N1CCC2(CC1)CO2. The Morgan fingerprint density at radius 1 is 1.28 bits per heavy atom. The van der Waals surface area contributed by atoms with E-state index in [-0.39, 0.29) is 21.1 Å². The first-order chi connectivity index (χ1) is 11.5. The first-order valence-corrected chi connectivity index (χ1v) is 10.0. The van der Waals surface area contributed by atoms with Crippen molar-refractivity contribution in [3.63, 3.8) is 0 Å². The summed E-state index contributed by atoms with van der Waals surface area (Å²) in [5, 5.41) is 0.281. The van der Waals surface area contributed by atoms with E-state index in [2.05, 4.69) is 0 Å². The summed E-state index contributed by atoms with van der Waals surface area (Å²) in [6.45, 7) is 6.62. The third kappa shape index (κ3) is 4.00. The second-order valence-corrected chi connectivity index (χ2v) is 9.86. The van der Waals surface area contributed by atoms with E-state index in [0.717, 1.165) is 0 Å². The van der Waals surface area contributed by atoms with Crippen LogP contribution in [0.2, 0.25) is 5.02 Å². The lowest BCUT2D eigenvalue weighted by Gasteiger charge is -2.30. The first-order valence-electron chi connectivity index (χ1n) is 8.20. The maximum Gasteiger partial charge on any atom is 0.340 e. The smallest absolute Gasteiger partial charge is 0.340 e. The number of nitrogens with zero attached hydrogens (tertiary/aromatic N) is 1. The van der Waals surface area contributed by atoms with Gasteiger partial charge < -0.3 is 9.47 Å². The molecule has 1 aromatic carbocycles. The van der Waals surface area contributed by atoms with Crippen LogP contribution in [0.15, 0.2) is 23.1 Å². The summed E-state index contributed by atoms with van der Waals surface area (Å²) >= 11 is 5.98. The average molecular weight is 388 g/mol. The van der Waals surface area contributed by atoms with Crippen LogP contribution in [0.1, 0.15) is 44.0 Å². The Morgan fingerprint density at radius 3 is 2.40 bits per heavy atom. The number of rotatable bonds is 3. The van der Waals surface area contributed by atoms with Gasteiger partial charge in [0.15, 0.2) is 0 Å². The molecule has 6 nitrogen and oxygen atoms in total. The van der Waals surface area contributed by atoms with E-state index in [0.29, 0.717) is 32.5 Å². The Hall–Kier alpha value is -1.15. The number of carbonyl (C=O) groups excluding carboxylic acids is 1. The number of benzene rings is 1. The molecule has 25 heavy (non-hydrogen) atoms. The van der Waals surface area contributed by atoms with Gasteiger partial charge in [-0.3, -0.25) is 0 Å². The highest BCUT2D eigenvalue weighted by molar-refractivity contribution is 7.89. The Morgan fingerprint density at radius 2 is 1.88 bits per heavy atom. The quantitative estimate of drug-likeness (QED) is 0.588. The number of epoxide rings is 1. The molecule has 8 heteroatoms. The van der Waals surface area contributed by atoms with E-state index in [4.69, 9.17) is 21.1 Å². The molecule has 2 aliphatic heterocycles. The number of ether oxygens (including phenoxy) is 2. The van der Waals surface area contributed by atoms with Crippen LogP contribution in [-0.2, 0) is 19.5 Å². The van der Waals surface area contributed by atoms with Crippen molar-refractivity contribution in [1.29, 1.82) is 0 Å². The number of hydrogen-bond acceptors (Lipinski definition) is 5. The van der Waals surface area contributed by atoms with Crippen LogP contribution < -0.4 is 0 Å². The molecule has 2 heterocycles. The van der Waals surface area contributed by atoms with Crippen LogP contribution in [0.4, 0.5) is 0 Å². The first kappa shape index (κ1) is 18.6. The minimum absolute atomic E-state index is 0.0367. The van der Waals surface area contributed by atoms with Gasteiger partial charge in [0, 0.05) is 18.1 Å². The topological polar surface area (TPSA) is 76.2 Å². The molecule has 1 aromatic rings. The van der Waals surface area contributed by atoms with Gasteiger partial charge in [0.1, 0.15) is 5.60 Å². The summed E-state index contributed by atoms with van der Waals surface area (Å²) in [7, 11) is -3.81. The summed E-state index contributed by atoms with van der Waals surface area (Å²) in [6.07, 6.45) is 1.34. The van der Waals surface area contributed by atoms with Crippen molar-refractivity contribution in [1.82, 2.24) is 4.31 Å². The molecule has 1 spiro atoms. The zero-order valence-electron chi connectivity index (χ0n) is 14.5. The molecule has 2 aliphatic rings. The normalized spacial score (nSPS) is 20.5. The molecule has 0 aliphatic carbocycles. The minimum atomic E-state index is -3.81. The van der Waals surface area contributed by atoms with Gasteiger partial charge in [-0.2, -0.15) is 4.31 Å². The Bertz CT molecular complexity index is 786. The van der Waals surface area contributed by atoms with Crippen molar-refractivity contribution >= 4 is 27.6 Å². The summed E-state index contributed by atoms with van der Waals surface area (Å²) in [5.41, 5.74) is -0.897. The molecule has 3 rings (SSSR count). The molecule has 0 amide bonds. The second kappa shape index (κ2) is 6.23. The highest BCUT2D eigenvalue weighted by Gasteiger charge is 2.48. The van der Waals surface area contributed by atoms with Crippen molar-refractivity contribution < 1.29 is 22.7 Å². The van der Waals surface area contributed by atoms with Crippen LogP contribution in [0.5, 0.6) is 0 Å². The fraction of sp³-hybridized carbons (Fsp3) is 0.588. The van der Waals surface area contributed by atoms with Gasteiger partial charge in [-0.1, -0.05) is 11.6 Å². The molecule has 0 saturated carbocycles. The van der Waals surface area contributed by atoms with Gasteiger partial charge in [0.05, 0.1) is 22.7 Å². The van der Waals surface area contributed by atoms with E-state index >= 15 is 0 Å². The molecule has 0 bridgehead atoms. The summed E-state index contributed by atoms with van der Waals surface area (Å²) in [6, 6.07) is 4.19. The molecule has 0 atom stereocenters. The third-order valence-corrected chi connectivity index (χ3v) is 6.56. The summed E-state index contributed by atoms with van der Waals surface area (Å²) < 4.78 is 38.3. The number of hydrogen-bond donors (Lipinski definition) is 0. The second-order valence-electron chi connectivity index (χ2n) is 7.52. The van der Waals surface area contributed by atoms with Crippen LogP contribution in [0, 0.1) is 0 Å². The molecule has 2 fully saturated rings. The van der Waals surface area contributed by atoms with Crippen molar-refractivity contribution in [2.45, 2.75) is 49.7 Å². The zero-order chi connectivity index (χ0) is 18.5. The Balaban J connectivity index is 1.91. The molecular formula is C17H22ClNO5S. The van der Waals surface area contributed by atoms with Crippen LogP contribution >= 0.6 is 11.6 Å². The molecule has 0 aromatic heterocycles. The van der Waals surface area contributed by atoms with Gasteiger partial charge in [0.2, 0.25) is 10.0 Å². The van der Waals surface area contributed by atoms with Crippen molar-refractivity contribution in [3.8, 4) is 0 Å². The molecule has 0 radical (unpaired) electrons. The van der Waals surface area contributed by atoms with E-state index < -0.39 is 21.6 Å². The van der Waals surface area contributed by atoms with Crippen LogP contribution in [0.3, 0.4) is 0 Å². The standard InChI is InChI=1S/C17H22ClNO5S/c1-16(2,3)24-15(20)13-10-12(18)4-5-14(13)25(21,22)19-8-6-17(7-9-19)11-23-17/h4-5,10H,6-9,11H2,1-3H3. The maximum absolute atomic E-state index is 13.1. The lowest BCUT2D eigenvalue weighted by Crippen LogP contribution is -2.42. The van der Waals surface area contributed by atoms with Crippen molar-refractivity contribution in [2.24, 2.45) is 0 Å². The minimum Gasteiger partial charge on any atom is -0.456 e. The third-order valence-electron chi connectivity index (χ3n) is 4.36. The fourth-order valence-electron chi connectivity index (χ4n) is 2.88. The highest BCUT2D eigenvalue weighted by atomic mass is 35.5. The number of piperidine rings is 1. The average Bonchev–Trinajstić information content (AvgIpc) is 3.25. The van der Waals surface area contributed by atoms with Gasteiger partial charge in [-0.25, -0.2) is 13.2 Å². The van der Waals surface area contributed by atoms with Crippen molar-refractivity contribution in [3.05, 3.63) is 28.8 Å². The maximum atomic E-state index is 13.1. The highest BCUT2D eigenvalue weighted by Crippen LogP contribution is 2.39. The molecule has 2 saturated heterocycles. The van der Waals surface area contributed by atoms with Crippen LogP contribution in [-0.4, -0.2) is 49.6 Å². The summed E-state index contributed by atoms with van der Waals surface area (Å²) in [4.78, 5) is 12.4. The van der Waals surface area contributed by atoms with Crippen molar-refractivity contribution in [2.75, 3.05) is 19.7 Å². The lowest BCUT2D eigenvalue weighted by molar-refractivity contribution is 0.00648.